The van der Waals surface area contributed by atoms with E-state index in [-0.39, 0.29) is 0 Å². The normalized spacial score (nSPS) is 13.8. The lowest BCUT2D eigenvalue weighted by molar-refractivity contribution is 0.468. The summed E-state index contributed by atoms with van der Waals surface area (Å²) in [5.74, 6) is 1.22. The molecule has 0 radical (unpaired) electrons. The first kappa shape index (κ1) is 15.8. The third-order valence-corrected chi connectivity index (χ3v) is 4.22. The Bertz CT molecular complexity index is 444. The van der Waals surface area contributed by atoms with Crippen LogP contribution in [-0.4, -0.2) is 4.98 Å². The molecule has 0 fully saturated rings. The number of nitrogens with zero attached hydrogens (tertiary/aromatic N) is 1. The van der Waals surface area contributed by atoms with Crippen LogP contribution < -0.4 is 0 Å². The Balaban J connectivity index is 2.16. The lowest BCUT2D eigenvalue weighted by Gasteiger charge is -2.23. The van der Waals surface area contributed by atoms with Gasteiger partial charge in [0.05, 0.1) is 0 Å². The van der Waals surface area contributed by atoms with E-state index in [0.29, 0.717) is 11.8 Å². The molecule has 1 heteroatoms. The molecule has 0 amide bonds. The van der Waals surface area contributed by atoms with Crippen LogP contribution in [0.25, 0.3) is 0 Å². The van der Waals surface area contributed by atoms with Crippen molar-refractivity contribution in [3.05, 3.63) is 66.0 Å². The van der Waals surface area contributed by atoms with Crippen LogP contribution in [0.4, 0.5) is 0 Å². The summed E-state index contributed by atoms with van der Waals surface area (Å²) in [6, 6.07) is 17.3. The Labute approximate surface area is 129 Å². The monoisotopic (exact) mass is 281 g/mol. The fraction of sp³-hybridized carbons (Fsp3) is 0.450. The number of rotatable bonds is 8. The smallest absolute Gasteiger partial charge is 0.0434 e. The molecule has 0 saturated heterocycles. The second kappa shape index (κ2) is 8.61. The molecular weight excluding hydrogens is 254 g/mol. The van der Waals surface area contributed by atoms with Gasteiger partial charge in [0.1, 0.15) is 0 Å². The van der Waals surface area contributed by atoms with Crippen molar-refractivity contribution in [1.82, 2.24) is 4.98 Å². The van der Waals surface area contributed by atoms with Crippen molar-refractivity contribution in [1.29, 1.82) is 0 Å². The highest BCUT2D eigenvalue weighted by Crippen LogP contribution is 2.34. The Hall–Kier alpha value is -1.63. The summed E-state index contributed by atoms with van der Waals surface area (Å²) >= 11 is 0. The molecule has 0 aliphatic rings. The molecule has 1 heterocycles. The minimum atomic E-state index is 0.577. The van der Waals surface area contributed by atoms with Crippen LogP contribution >= 0.6 is 0 Å². The van der Waals surface area contributed by atoms with E-state index in [0.717, 1.165) is 0 Å². The van der Waals surface area contributed by atoms with Gasteiger partial charge in [-0.1, -0.05) is 63.1 Å². The third-order valence-electron chi connectivity index (χ3n) is 4.22. The average Bonchev–Trinajstić information content (AvgIpc) is 2.55. The summed E-state index contributed by atoms with van der Waals surface area (Å²) < 4.78 is 0. The van der Waals surface area contributed by atoms with Crippen molar-refractivity contribution in [2.24, 2.45) is 0 Å². The molecule has 0 aliphatic heterocycles. The maximum atomic E-state index is 4.60. The van der Waals surface area contributed by atoms with Crippen LogP contribution in [-0.2, 0) is 0 Å². The van der Waals surface area contributed by atoms with E-state index in [9.17, 15) is 0 Å². The number of hydrogen-bond acceptors (Lipinski definition) is 1. The Morgan fingerprint density at radius 2 is 1.48 bits per heavy atom. The van der Waals surface area contributed by atoms with Crippen LogP contribution in [0.2, 0.25) is 0 Å². The van der Waals surface area contributed by atoms with Crippen molar-refractivity contribution in [3.8, 4) is 0 Å². The molecule has 0 bridgehead atoms. The first-order valence-electron chi connectivity index (χ1n) is 8.31. The van der Waals surface area contributed by atoms with E-state index in [1.54, 1.807) is 0 Å². The summed E-state index contributed by atoms with van der Waals surface area (Å²) in [7, 11) is 0. The first-order valence-corrected chi connectivity index (χ1v) is 8.31. The van der Waals surface area contributed by atoms with E-state index < -0.39 is 0 Å². The highest BCUT2D eigenvalue weighted by atomic mass is 14.7. The quantitative estimate of drug-likeness (QED) is 0.583. The molecule has 0 saturated carbocycles. The molecule has 1 nitrogen and oxygen atoms in total. The zero-order valence-electron chi connectivity index (χ0n) is 13.3. The van der Waals surface area contributed by atoms with Crippen LogP contribution in [0.15, 0.2) is 54.7 Å². The average molecular weight is 281 g/mol. The minimum Gasteiger partial charge on any atom is -0.261 e. The van der Waals surface area contributed by atoms with Gasteiger partial charge in [0, 0.05) is 17.8 Å². The van der Waals surface area contributed by atoms with E-state index >= 15 is 0 Å². The van der Waals surface area contributed by atoms with Gasteiger partial charge in [-0.15, -0.1) is 0 Å². The van der Waals surface area contributed by atoms with Gasteiger partial charge in [-0.2, -0.15) is 0 Å². The third kappa shape index (κ3) is 4.70. The Morgan fingerprint density at radius 1 is 0.810 bits per heavy atom. The van der Waals surface area contributed by atoms with Crippen molar-refractivity contribution < 1.29 is 0 Å². The molecule has 2 aromatic rings. The van der Waals surface area contributed by atoms with Gasteiger partial charge in [-0.05, 0) is 42.9 Å². The predicted octanol–water partition coefficient (Wildman–Crippen LogP) is 5.94. The van der Waals surface area contributed by atoms with Crippen molar-refractivity contribution >= 4 is 0 Å². The van der Waals surface area contributed by atoms with Gasteiger partial charge in [-0.25, -0.2) is 0 Å². The van der Waals surface area contributed by atoms with Crippen molar-refractivity contribution in [2.75, 3.05) is 0 Å². The maximum absolute atomic E-state index is 4.60. The fourth-order valence-electron chi connectivity index (χ4n) is 3.19. The van der Waals surface area contributed by atoms with Gasteiger partial charge in [0.2, 0.25) is 0 Å². The van der Waals surface area contributed by atoms with E-state index in [1.807, 2.05) is 12.3 Å². The first-order chi connectivity index (χ1) is 10.3. The highest BCUT2D eigenvalue weighted by Gasteiger charge is 2.19. The van der Waals surface area contributed by atoms with Crippen LogP contribution in [0, 0.1) is 0 Å². The molecule has 2 rings (SSSR count). The molecule has 0 spiro atoms. The zero-order valence-corrected chi connectivity index (χ0v) is 13.3. The lowest BCUT2D eigenvalue weighted by Crippen LogP contribution is -2.08. The van der Waals surface area contributed by atoms with Crippen molar-refractivity contribution in [3.63, 3.8) is 0 Å². The Kier molecular flexibility index (Phi) is 6.46. The molecule has 21 heavy (non-hydrogen) atoms. The van der Waals surface area contributed by atoms with E-state index in [4.69, 9.17) is 0 Å². The van der Waals surface area contributed by atoms with Crippen LogP contribution in [0.5, 0.6) is 0 Å². The summed E-state index contributed by atoms with van der Waals surface area (Å²) in [5.41, 5.74) is 2.74. The number of benzene rings is 1. The number of hydrogen-bond donors (Lipinski definition) is 0. The SMILES string of the molecule is CCCC(CC(CCC)c1ccccn1)c1ccccc1. The predicted molar refractivity (Wildman–Crippen MR) is 90.6 cm³/mol. The molecule has 1 aromatic heterocycles. The molecular formula is C20H27N. The summed E-state index contributed by atoms with van der Waals surface area (Å²) in [5, 5.41) is 0. The van der Waals surface area contributed by atoms with Crippen LogP contribution in [0.3, 0.4) is 0 Å². The van der Waals surface area contributed by atoms with Gasteiger partial charge >= 0.3 is 0 Å². The standard InChI is InChI=1S/C20H27N/c1-3-10-18(17-12-6-5-7-13-17)16-19(11-4-2)20-14-8-9-15-21-20/h5-9,12-15,18-19H,3-4,10-11,16H2,1-2H3. The number of aromatic nitrogens is 1. The summed E-state index contributed by atoms with van der Waals surface area (Å²) in [4.78, 5) is 4.60. The second-order valence-electron chi connectivity index (χ2n) is 5.87. The second-order valence-corrected chi connectivity index (χ2v) is 5.87. The van der Waals surface area contributed by atoms with Gasteiger partial charge in [0.25, 0.3) is 0 Å². The minimum absolute atomic E-state index is 0.577. The van der Waals surface area contributed by atoms with Crippen molar-refractivity contribution in [2.45, 2.75) is 57.8 Å². The van der Waals surface area contributed by atoms with Gasteiger partial charge < -0.3 is 0 Å². The molecule has 2 unspecified atom stereocenters. The molecule has 0 aliphatic carbocycles. The number of pyridine rings is 1. The van der Waals surface area contributed by atoms with Gasteiger partial charge in [-0.3, -0.25) is 4.98 Å². The zero-order chi connectivity index (χ0) is 14.9. The lowest BCUT2D eigenvalue weighted by atomic mass is 9.82. The summed E-state index contributed by atoms with van der Waals surface area (Å²) in [6.45, 7) is 4.55. The molecule has 0 N–H and O–H groups in total. The topological polar surface area (TPSA) is 12.9 Å². The van der Waals surface area contributed by atoms with E-state index in [1.165, 1.54) is 43.4 Å². The molecule has 112 valence electrons. The fourth-order valence-corrected chi connectivity index (χ4v) is 3.19. The maximum Gasteiger partial charge on any atom is 0.0434 e. The highest BCUT2D eigenvalue weighted by molar-refractivity contribution is 5.21. The van der Waals surface area contributed by atoms with Crippen LogP contribution in [0.1, 0.15) is 69.0 Å². The van der Waals surface area contributed by atoms with Gasteiger partial charge in [0.15, 0.2) is 0 Å². The summed E-state index contributed by atoms with van der Waals surface area (Å²) in [6.07, 6.45) is 8.08. The molecule has 2 atom stereocenters. The Morgan fingerprint density at radius 3 is 2.10 bits per heavy atom. The largest absolute Gasteiger partial charge is 0.261 e. The van der Waals surface area contributed by atoms with E-state index in [2.05, 4.69) is 61.3 Å². The molecule has 1 aromatic carbocycles.